The highest BCUT2D eigenvalue weighted by atomic mass is 35.5. The largest absolute Gasteiger partial charge is 0.497 e. The van der Waals surface area contributed by atoms with Gasteiger partial charge in [-0.15, -0.1) is 0 Å². The number of nitrogens with zero attached hydrogens (tertiary/aromatic N) is 2. The van der Waals surface area contributed by atoms with Crippen LogP contribution in [0.2, 0.25) is 15.1 Å². The summed E-state index contributed by atoms with van der Waals surface area (Å²) < 4.78 is 6.81. The molecule has 0 bridgehead atoms. The summed E-state index contributed by atoms with van der Waals surface area (Å²) >= 11 is 17.8. The van der Waals surface area contributed by atoms with Crippen molar-refractivity contribution in [3.63, 3.8) is 0 Å². The molecule has 0 aliphatic rings. The molecule has 1 amide bonds. The van der Waals surface area contributed by atoms with Gasteiger partial charge in [0.15, 0.2) is 0 Å². The Morgan fingerprint density at radius 1 is 1.06 bits per heavy atom. The molecule has 3 aromatic rings. The van der Waals surface area contributed by atoms with Gasteiger partial charge in [-0.3, -0.25) is 4.79 Å². The SMILES string of the molecule is C=O.C=O.CCc1nc(C(=O)NC)cn1-c1cc(Cl)cc(Cl)c1.COc1ccc(Cl)c(C)c1. The minimum absolute atomic E-state index is 0.221. The van der Waals surface area contributed by atoms with Crippen LogP contribution in [0.3, 0.4) is 0 Å². The number of hydrogen-bond donors (Lipinski definition) is 1. The van der Waals surface area contributed by atoms with Crippen LogP contribution in [0.15, 0.2) is 42.6 Å². The number of aromatic nitrogens is 2. The van der Waals surface area contributed by atoms with Crippen LogP contribution in [0.25, 0.3) is 5.69 Å². The Bertz CT molecular complexity index is 1020. The standard InChI is InChI=1S/C13H13Cl2N3O.C8H9ClO.2CH2O/c1-3-12-17-11(13(19)16-2)7-18(12)10-5-8(14)4-9(15)6-10;1-6-5-7(10-2)3-4-8(6)9;2*1-2/h4-7H,3H2,1-2H3,(H,16,19);3-5H,1-2H3;2*1H2. The van der Waals surface area contributed by atoms with E-state index in [0.717, 1.165) is 27.8 Å². The van der Waals surface area contributed by atoms with Gasteiger partial charge in [0.2, 0.25) is 0 Å². The molecule has 1 aromatic heterocycles. The summed E-state index contributed by atoms with van der Waals surface area (Å²) in [5, 5.41) is 4.41. The summed E-state index contributed by atoms with van der Waals surface area (Å²) in [6, 6.07) is 10.8. The first kappa shape index (κ1) is 30.1. The number of rotatable bonds is 4. The first-order chi connectivity index (χ1) is 15.8. The Kier molecular flexibility index (Phi) is 14.5. The number of halogens is 3. The van der Waals surface area contributed by atoms with E-state index in [1.807, 2.05) is 50.2 Å². The monoisotopic (exact) mass is 513 g/mol. The second kappa shape index (κ2) is 15.9. The summed E-state index contributed by atoms with van der Waals surface area (Å²) in [4.78, 5) is 31.9. The Labute approximate surface area is 208 Å². The molecule has 0 aliphatic heterocycles. The molecule has 7 nitrogen and oxygen atoms in total. The number of methoxy groups -OCH3 is 1. The number of benzene rings is 2. The van der Waals surface area contributed by atoms with Gasteiger partial charge in [0.05, 0.1) is 7.11 Å². The molecule has 1 N–H and O–H groups in total. The van der Waals surface area contributed by atoms with E-state index >= 15 is 0 Å². The molecule has 3 rings (SSSR count). The van der Waals surface area contributed by atoms with E-state index in [2.05, 4.69) is 10.3 Å². The molecule has 0 fully saturated rings. The molecule has 0 saturated carbocycles. The summed E-state index contributed by atoms with van der Waals surface area (Å²) in [7, 11) is 3.21. The van der Waals surface area contributed by atoms with Gasteiger partial charge in [-0.2, -0.15) is 0 Å². The van der Waals surface area contributed by atoms with Crippen LogP contribution < -0.4 is 10.1 Å². The number of hydrogen-bond acceptors (Lipinski definition) is 5. The maximum atomic E-state index is 11.6. The van der Waals surface area contributed by atoms with Crippen LogP contribution in [-0.4, -0.2) is 43.2 Å². The van der Waals surface area contributed by atoms with E-state index in [9.17, 15) is 4.79 Å². The lowest BCUT2D eigenvalue weighted by Crippen LogP contribution is -2.18. The summed E-state index contributed by atoms with van der Waals surface area (Å²) in [6.45, 7) is 7.92. The van der Waals surface area contributed by atoms with Gasteiger partial charge in [-0.1, -0.05) is 41.7 Å². The fourth-order valence-corrected chi connectivity index (χ4v) is 3.18. The third-order valence-electron chi connectivity index (χ3n) is 4.05. The van der Waals surface area contributed by atoms with Gasteiger partial charge in [-0.25, -0.2) is 4.98 Å². The Morgan fingerprint density at radius 2 is 1.64 bits per heavy atom. The van der Waals surface area contributed by atoms with E-state index in [0.29, 0.717) is 22.2 Å². The fraction of sp³-hybridized carbons (Fsp3) is 0.217. The minimum atomic E-state index is -0.221. The number of carbonyl (C=O) groups excluding carboxylic acids is 3. The topological polar surface area (TPSA) is 90.3 Å². The van der Waals surface area contributed by atoms with Crippen LogP contribution >= 0.6 is 34.8 Å². The number of imidazole rings is 1. The van der Waals surface area contributed by atoms with Crippen molar-refractivity contribution in [2.45, 2.75) is 20.3 Å². The molecular weight excluding hydrogens is 489 g/mol. The fourth-order valence-electron chi connectivity index (χ4n) is 2.55. The van der Waals surface area contributed by atoms with Crippen LogP contribution in [0, 0.1) is 6.92 Å². The number of amides is 1. The van der Waals surface area contributed by atoms with E-state index in [-0.39, 0.29) is 5.91 Å². The van der Waals surface area contributed by atoms with Gasteiger partial charge >= 0.3 is 0 Å². The van der Waals surface area contributed by atoms with Crippen LogP contribution in [0.5, 0.6) is 5.75 Å². The van der Waals surface area contributed by atoms with E-state index in [1.54, 1.807) is 38.6 Å². The lowest BCUT2D eigenvalue weighted by molar-refractivity contribution is -0.0987. The number of carbonyl (C=O) groups is 3. The van der Waals surface area contributed by atoms with Crippen molar-refractivity contribution in [3.05, 3.63) is 74.7 Å². The number of ether oxygens (including phenoxy) is 1. The second-order valence-corrected chi connectivity index (χ2v) is 7.37. The molecule has 0 saturated heterocycles. The zero-order valence-electron chi connectivity index (χ0n) is 18.8. The first-order valence-electron chi connectivity index (χ1n) is 9.43. The van der Waals surface area contributed by atoms with Crippen LogP contribution in [0.1, 0.15) is 28.8 Å². The quantitative estimate of drug-likeness (QED) is 0.504. The normalized spacial score (nSPS) is 9.18. The summed E-state index contributed by atoms with van der Waals surface area (Å²) in [6.07, 6.45) is 2.38. The van der Waals surface area contributed by atoms with Crippen molar-refractivity contribution in [1.82, 2.24) is 14.9 Å². The molecular formula is C23H26Cl3N3O4. The maximum absolute atomic E-state index is 11.6. The molecule has 0 radical (unpaired) electrons. The molecule has 33 heavy (non-hydrogen) atoms. The minimum Gasteiger partial charge on any atom is -0.497 e. The van der Waals surface area contributed by atoms with Crippen molar-refractivity contribution >= 4 is 54.3 Å². The van der Waals surface area contributed by atoms with Gasteiger partial charge < -0.3 is 24.2 Å². The molecule has 0 unspecified atom stereocenters. The van der Waals surface area contributed by atoms with Crippen molar-refractivity contribution in [1.29, 1.82) is 0 Å². The zero-order valence-corrected chi connectivity index (χ0v) is 21.1. The Hall–Kier alpha value is -2.87. The highest BCUT2D eigenvalue weighted by Gasteiger charge is 2.13. The van der Waals surface area contributed by atoms with Gasteiger partial charge in [0, 0.05) is 40.4 Å². The van der Waals surface area contributed by atoms with Crippen LogP contribution in [-0.2, 0) is 16.0 Å². The van der Waals surface area contributed by atoms with Gasteiger partial charge in [0.1, 0.15) is 30.8 Å². The second-order valence-electron chi connectivity index (χ2n) is 6.09. The molecule has 2 aromatic carbocycles. The predicted octanol–water partition coefficient (Wildman–Crippen LogP) is 5.39. The average molecular weight is 515 g/mol. The first-order valence-corrected chi connectivity index (χ1v) is 10.6. The van der Waals surface area contributed by atoms with Crippen molar-refractivity contribution in [3.8, 4) is 11.4 Å². The summed E-state index contributed by atoms with van der Waals surface area (Å²) in [5.74, 6) is 1.40. The molecule has 1 heterocycles. The van der Waals surface area contributed by atoms with E-state index in [4.69, 9.17) is 49.1 Å². The average Bonchev–Trinajstić information content (AvgIpc) is 3.27. The van der Waals surface area contributed by atoms with Crippen molar-refractivity contribution in [2.75, 3.05) is 14.2 Å². The molecule has 0 aliphatic carbocycles. The smallest absolute Gasteiger partial charge is 0.271 e. The third kappa shape index (κ3) is 9.26. The Balaban J connectivity index is 0.000000617. The lowest BCUT2D eigenvalue weighted by atomic mass is 10.2. The zero-order chi connectivity index (χ0) is 25.6. The molecule has 0 atom stereocenters. The molecule has 178 valence electrons. The number of aryl methyl sites for hydroxylation is 2. The maximum Gasteiger partial charge on any atom is 0.271 e. The molecule has 0 spiro atoms. The highest BCUT2D eigenvalue weighted by molar-refractivity contribution is 6.34. The van der Waals surface area contributed by atoms with Gasteiger partial charge in [-0.05, 0) is 48.9 Å². The van der Waals surface area contributed by atoms with E-state index < -0.39 is 0 Å². The highest BCUT2D eigenvalue weighted by Crippen LogP contribution is 2.23. The lowest BCUT2D eigenvalue weighted by Gasteiger charge is -2.07. The van der Waals surface area contributed by atoms with Gasteiger partial charge in [0.25, 0.3) is 5.91 Å². The van der Waals surface area contributed by atoms with Crippen molar-refractivity contribution in [2.24, 2.45) is 0 Å². The Morgan fingerprint density at radius 3 is 2.09 bits per heavy atom. The van der Waals surface area contributed by atoms with Crippen molar-refractivity contribution < 1.29 is 19.1 Å². The third-order valence-corrected chi connectivity index (χ3v) is 4.91. The predicted molar refractivity (Wildman–Crippen MR) is 133 cm³/mol. The van der Waals surface area contributed by atoms with Crippen LogP contribution in [0.4, 0.5) is 0 Å². The van der Waals surface area contributed by atoms with E-state index in [1.165, 1.54) is 0 Å². The molecule has 10 heteroatoms. The number of nitrogens with one attached hydrogen (secondary N) is 1. The summed E-state index contributed by atoms with van der Waals surface area (Å²) in [5.41, 5.74) is 2.20.